The first-order valence-corrected chi connectivity index (χ1v) is 6.25. The van der Waals surface area contributed by atoms with Crippen molar-refractivity contribution >= 4 is 17.9 Å². The lowest BCUT2D eigenvalue weighted by atomic mass is 10.2. The van der Waals surface area contributed by atoms with E-state index in [0.717, 1.165) is 12.8 Å². The average Bonchev–Trinajstić information content (AvgIpc) is 3.07. The summed E-state index contributed by atoms with van der Waals surface area (Å²) in [5, 5.41) is 10.7. The van der Waals surface area contributed by atoms with Gasteiger partial charge >= 0.3 is 12.0 Å². The van der Waals surface area contributed by atoms with Crippen LogP contribution in [0, 0.1) is 5.92 Å². The maximum absolute atomic E-state index is 11.6. The van der Waals surface area contributed by atoms with Gasteiger partial charge < -0.3 is 10.0 Å². The Hall–Kier alpha value is -1.59. The Bertz CT molecular complexity index is 326. The van der Waals surface area contributed by atoms with E-state index in [-0.39, 0.29) is 24.8 Å². The Labute approximate surface area is 106 Å². The largest absolute Gasteiger partial charge is 0.481 e. The second kappa shape index (κ2) is 6.98. The van der Waals surface area contributed by atoms with E-state index in [1.165, 1.54) is 4.90 Å². The van der Waals surface area contributed by atoms with Crippen LogP contribution in [0.5, 0.6) is 0 Å². The molecule has 1 rings (SSSR count). The van der Waals surface area contributed by atoms with Crippen LogP contribution in [-0.4, -0.2) is 41.5 Å². The highest BCUT2D eigenvalue weighted by Crippen LogP contribution is 2.29. The molecule has 3 amide bonds. The summed E-state index contributed by atoms with van der Waals surface area (Å²) in [6.45, 7) is 0.693. The number of rotatable bonds is 7. The van der Waals surface area contributed by atoms with Crippen LogP contribution in [0.3, 0.4) is 0 Å². The first-order chi connectivity index (χ1) is 8.49. The molecule has 0 aromatic rings. The van der Waals surface area contributed by atoms with Crippen molar-refractivity contribution < 1.29 is 19.5 Å². The van der Waals surface area contributed by atoms with Gasteiger partial charge in [0.05, 0.1) is 0 Å². The number of imide groups is 1. The highest BCUT2D eigenvalue weighted by Gasteiger charge is 2.25. The average molecular weight is 256 g/mol. The number of amides is 3. The van der Waals surface area contributed by atoms with Gasteiger partial charge in [-0.1, -0.05) is 0 Å². The van der Waals surface area contributed by atoms with Crippen LogP contribution in [0.1, 0.15) is 38.5 Å². The number of carbonyl (C=O) groups is 3. The first kappa shape index (κ1) is 14.5. The number of carboxylic acids is 1. The molecular formula is C12H20N2O4. The Balaban J connectivity index is 2.10. The van der Waals surface area contributed by atoms with Crippen LogP contribution in [0.15, 0.2) is 0 Å². The van der Waals surface area contributed by atoms with Crippen molar-refractivity contribution in [3.8, 4) is 0 Å². The molecule has 2 N–H and O–H groups in total. The summed E-state index contributed by atoms with van der Waals surface area (Å²) in [7, 11) is 1.67. The molecule has 0 aromatic carbocycles. The van der Waals surface area contributed by atoms with Gasteiger partial charge in [0, 0.05) is 26.4 Å². The molecule has 0 aromatic heterocycles. The fraction of sp³-hybridized carbons (Fsp3) is 0.750. The van der Waals surface area contributed by atoms with Gasteiger partial charge in [-0.05, 0) is 31.6 Å². The lowest BCUT2D eigenvalue weighted by molar-refractivity contribution is -0.137. The maximum Gasteiger partial charge on any atom is 0.323 e. The van der Waals surface area contributed by atoms with Crippen LogP contribution < -0.4 is 5.32 Å². The molecular weight excluding hydrogens is 236 g/mol. The fourth-order valence-electron chi connectivity index (χ4n) is 1.61. The lowest BCUT2D eigenvalue weighted by Crippen LogP contribution is -2.41. The number of carboxylic acid groups (broad SMARTS) is 1. The van der Waals surface area contributed by atoms with Gasteiger partial charge in [0.1, 0.15) is 0 Å². The van der Waals surface area contributed by atoms with E-state index in [1.807, 2.05) is 0 Å². The van der Waals surface area contributed by atoms with E-state index >= 15 is 0 Å². The minimum absolute atomic E-state index is 0.0583. The van der Waals surface area contributed by atoms with E-state index in [2.05, 4.69) is 5.32 Å². The zero-order valence-corrected chi connectivity index (χ0v) is 10.6. The highest BCUT2D eigenvalue weighted by molar-refractivity contribution is 5.94. The van der Waals surface area contributed by atoms with Gasteiger partial charge in [-0.3, -0.25) is 14.9 Å². The standard InChI is InChI=1S/C12H20N2O4/c1-14(8-9-6-7-9)12(18)13-10(15)4-2-3-5-11(16)17/h9H,2-8H2,1H3,(H,16,17)(H,13,15,18). The number of unbranched alkanes of at least 4 members (excludes halogenated alkanes) is 1. The highest BCUT2D eigenvalue weighted by atomic mass is 16.4. The molecule has 18 heavy (non-hydrogen) atoms. The smallest absolute Gasteiger partial charge is 0.323 e. The molecule has 1 aliphatic rings. The Morgan fingerprint density at radius 2 is 1.83 bits per heavy atom. The van der Waals surface area contributed by atoms with Gasteiger partial charge in [-0.25, -0.2) is 4.79 Å². The molecule has 0 spiro atoms. The van der Waals surface area contributed by atoms with Crippen molar-refractivity contribution in [3.05, 3.63) is 0 Å². The summed E-state index contributed by atoms with van der Waals surface area (Å²) in [6, 6.07) is -0.370. The topological polar surface area (TPSA) is 86.7 Å². The second-order valence-electron chi connectivity index (χ2n) is 4.78. The van der Waals surface area contributed by atoms with Crippen molar-refractivity contribution in [2.24, 2.45) is 5.92 Å². The first-order valence-electron chi connectivity index (χ1n) is 6.25. The van der Waals surface area contributed by atoms with Crippen molar-refractivity contribution in [3.63, 3.8) is 0 Å². The van der Waals surface area contributed by atoms with Gasteiger partial charge in [0.15, 0.2) is 0 Å². The third-order valence-electron chi connectivity index (χ3n) is 2.87. The van der Waals surface area contributed by atoms with Gasteiger partial charge in [-0.2, -0.15) is 0 Å². The summed E-state index contributed by atoms with van der Waals surface area (Å²) in [6.07, 6.45) is 3.49. The summed E-state index contributed by atoms with van der Waals surface area (Å²) < 4.78 is 0. The Morgan fingerprint density at radius 3 is 2.39 bits per heavy atom. The molecule has 0 aliphatic heterocycles. The minimum Gasteiger partial charge on any atom is -0.481 e. The SMILES string of the molecule is CN(CC1CC1)C(=O)NC(=O)CCCCC(=O)O. The molecule has 0 saturated heterocycles. The molecule has 6 heteroatoms. The van der Waals surface area contributed by atoms with Gasteiger partial charge in [-0.15, -0.1) is 0 Å². The van der Waals surface area contributed by atoms with Crippen molar-refractivity contribution in [2.75, 3.05) is 13.6 Å². The quantitative estimate of drug-likeness (QED) is 0.670. The Kier molecular flexibility index (Phi) is 5.61. The number of nitrogens with zero attached hydrogens (tertiary/aromatic N) is 1. The number of carbonyl (C=O) groups excluding carboxylic acids is 2. The normalized spacial score (nSPS) is 14.1. The molecule has 0 bridgehead atoms. The number of nitrogens with one attached hydrogen (secondary N) is 1. The predicted molar refractivity (Wildman–Crippen MR) is 65.0 cm³/mol. The Morgan fingerprint density at radius 1 is 1.22 bits per heavy atom. The van der Waals surface area contributed by atoms with Gasteiger partial charge in [0.25, 0.3) is 0 Å². The van der Waals surface area contributed by atoms with Gasteiger partial charge in [0.2, 0.25) is 5.91 Å². The maximum atomic E-state index is 11.6. The fourth-order valence-corrected chi connectivity index (χ4v) is 1.61. The summed E-state index contributed by atoms with van der Waals surface area (Å²) >= 11 is 0. The van der Waals surface area contributed by atoms with E-state index in [4.69, 9.17) is 5.11 Å². The number of hydrogen-bond acceptors (Lipinski definition) is 3. The van der Waals surface area contributed by atoms with Crippen LogP contribution in [0.25, 0.3) is 0 Å². The lowest BCUT2D eigenvalue weighted by Gasteiger charge is -2.16. The van der Waals surface area contributed by atoms with Crippen LogP contribution in [0.4, 0.5) is 4.79 Å². The third-order valence-corrected chi connectivity index (χ3v) is 2.87. The molecule has 6 nitrogen and oxygen atoms in total. The second-order valence-corrected chi connectivity index (χ2v) is 4.78. The molecule has 1 saturated carbocycles. The van der Waals surface area contributed by atoms with Crippen LogP contribution in [-0.2, 0) is 9.59 Å². The molecule has 0 radical (unpaired) electrons. The summed E-state index contributed by atoms with van der Waals surface area (Å²) in [5.74, 6) is -0.616. The minimum atomic E-state index is -0.865. The van der Waals surface area contributed by atoms with E-state index in [1.54, 1.807) is 7.05 Å². The van der Waals surface area contributed by atoms with E-state index < -0.39 is 5.97 Å². The molecule has 1 fully saturated rings. The molecule has 0 heterocycles. The van der Waals surface area contributed by atoms with E-state index in [9.17, 15) is 14.4 Å². The molecule has 0 atom stereocenters. The van der Waals surface area contributed by atoms with E-state index in [0.29, 0.717) is 25.3 Å². The molecule has 0 unspecified atom stereocenters. The monoisotopic (exact) mass is 256 g/mol. The zero-order chi connectivity index (χ0) is 13.5. The van der Waals surface area contributed by atoms with Crippen molar-refractivity contribution in [2.45, 2.75) is 38.5 Å². The van der Waals surface area contributed by atoms with Crippen LogP contribution in [0.2, 0.25) is 0 Å². The third kappa shape index (κ3) is 6.22. The number of urea groups is 1. The van der Waals surface area contributed by atoms with Crippen molar-refractivity contribution in [1.29, 1.82) is 0 Å². The number of hydrogen-bond donors (Lipinski definition) is 2. The van der Waals surface area contributed by atoms with Crippen molar-refractivity contribution in [1.82, 2.24) is 10.2 Å². The summed E-state index contributed by atoms with van der Waals surface area (Å²) in [5.41, 5.74) is 0. The zero-order valence-electron chi connectivity index (χ0n) is 10.6. The molecule has 1 aliphatic carbocycles. The number of aliphatic carboxylic acids is 1. The predicted octanol–water partition coefficient (Wildman–Crippen LogP) is 1.21. The van der Waals surface area contributed by atoms with Crippen LogP contribution >= 0.6 is 0 Å². The summed E-state index contributed by atoms with van der Waals surface area (Å²) in [4.78, 5) is 34.7. The molecule has 102 valence electrons.